The third kappa shape index (κ3) is 7.12. The van der Waals surface area contributed by atoms with Crippen molar-refractivity contribution in [3.05, 3.63) is 53.6 Å². The van der Waals surface area contributed by atoms with Crippen molar-refractivity contribution in [2.45, 2.75) is 90.6 Å². The fourth-order valence-corrected chi connectivity index (χ4v) is 4.74. The Hall–Kier alpha value is -2.77. The first-order chi connectivity index (χ1) is 16.7. The molecule has 1 heterocycles. The second kappa shape index (κ2) is 12.3. The zero-order valence-corrected chi connectivity index (χ0v) is 21.7. The number of benzene rings is 2. The van der Waals surface area contributed by atoms with Gasteiger partial charge in [0, 0.05) is 18.1 Å². The number of anilines is 1. The molecule has 0 spiro atoms. The molecule has 0 aromatic heterocycles. The lowest BCUT2D eigenvalue weighted by Crippen LogP contribution is -2.41. The van der Waals surface area contributed by atoms with Crippen molar-refractivity contribution in [3.63, 3.8) is 0 Å². The second-order valence-corrected chi connectivity index (χ2v) is 9.80. The molecule has 0 saturated carbocycles. The van der Waals surface area contributed by atoms with Crippen LogP contribution in [0.3, 0.4) is 0 Å². The highest BCUT2D eigenvalue weighted by Gasteiger charge is 2.31. The van der Waals surface area contributed by atoms with Crippen LogP contribution in [-0.4, -0.2) is 42.0 Å². The molecule has 2 amide bonds. The highest BCUT2D eigenvalue weighted by molar-refractivity contribution is 5.93. The number of aliphatic hydroxyl groups excluding tert-OH is 1. The highest BCUT2D eigenvalue weighted by atomic mass is 16.5. The Bertz CT molecular complexity index is 961. The van der Waals surface area contributed by atoms with Gasteiger partial charge in [0.15, 0.2) is 0 Å². The summed E-state index contributed by atoms with van der Waals surface area (Å²) < 4.78 is 11.5. The smallest absolute Gasteiger partial charge is 0.319 e. The van der Waals surface area contributed by atoms with Crippen molar-refractivity contribution in [1.82, 2.24) is 5.32 Å². The molecule has 4 N–H and O–H groups in total. The predicted octanol–water partition coefficient (Wildman–Crippen LogP) is 4.95. The third-order valence-corrected chi connectivity index (χ3v) is 6.37. The van der Waals surface area contributed by atoms with Gasteiger partial charge in [-0.25, -0.2) is 4.79 Å². The summed E-state index contributed by atoms with van der Waals surface area (Å²) >= 11 is 0. The van der Waals surface area contributed by atoms with Crippen molar-refractivity contribution in [2.24, 2.45) is 5.73 Å². The molecule has 3 atom stereocenters. The Balaban J connectivity index is 1.64. The molecule has 1 fully saturated rings. The van der Waals surface area contributed by atoms with Crippen molar-refractivity contribution >= 4 is 11.7 Å². The maximum absolute atomic E-state index is 12.1. The quantitative estimate of drug-likeness (QED) is 0.420. The molecule has 1 aliphatic heterocycles. The summed E-state index contributed by atoms with van der Waals surface area (Å²) in [6.07, 6.45) is 3.35. The monoisotopic (exact) mass is 483 g/mol. The van der Waals surface area contributed by atoms with Gasteiger partial charge in [0.25, 0.3) is 0 Å². The van der Waals surface area contributed by atoms with E-state index < -0.39 is 12.1 Å². The molecule has 2 aromatic rings. The summed E-state index contributed by atoms with van der Waals surface area (Å²) in [5.41, 5.74) is 8.28. The molecular formula is C28H41N3O4. The number of hydrogen-bond acceptors (Lipinski definition) is 5. The van der Waals surface area contributed by atoms with Gasteiger partial charge >= 0.3 is 6.03 Å². The molecule has 7 nitrogen and oxygen atoms in total. The number of carbonyl (C=O) groups is 1. The summed E-state index contributed by atoms with van der Waals surface area (Å²) in [6.45, 7) is 10.2. The molecular weight excluding hydrogens is 442 g/mol. The first kappa shape index (κ1) is 26.8. The largest absolute Gasteiger partial charge is 0.492 e. The van der Waals surface area contributed by atoms with Gasteiger partial charge in [-0.2, -0.15) is 0 Å². The molecule has 2 aromatic carbocycles. The third-order valence-electron chi connectivity index (χ3n) is 6.37. The predicted molar refractivity (Wildman–Crippen MR) is 140 cm³/mol. The number of nitrogens with zero attached hydrogens (tertiary/aromatic N) is 1. The van der Waals surface area contributed by atoms with E-state index in [1.165, 1.54) is 10.5 Å². The Kier molecular flexibility index (Phi) is 9.40. The Morgan fingerprint density at radius 2 is 1.86 bits per heavy atom. The molecule has 0 radical (unpaired) electrons. The lowest BCUT2D eigenvalue weighted by Gasteiger charge is -2.28. The van der Waals surface area contributed by atoms with Crippen molar-refractivity contribution in [3.8, 4) is 11.5 Å². The number of amides is 2. The second-order valence-electron chi connectivity index (χ2n) is 9.80. The van der Waals surface area contributed by atoms with Gasteiger partial charge in [-0.15, -0.1) is 0 Å². The zero-order valence-electron chi connectivity index (χ0n) is 21.7. The number of aryl methyl sites for hydroxylation is 1. The maximum Gasteiger partial charge on any atom is 0.319 e. The summed E-state index contributed by atoms with van der Waals surface area (Å²) in [7, 11) is 0. The number of carbonyl (C=O) groups excluding carboxylic acids is 1. The van der Waals surface area contributed by atoms with Crippen LogP contribution in [0.25, 0.3) is 0 Å². The van der Waals surface area contributed by atoms with Gasteiger partial charge in [0.1, 0.15) is 11.5 Å². The number of primary amides is 1. The van der Waals surface area contributed by atoms with Crippen LogP contribution in [0.1, 0.15) is 71.1 Å². The molecule has 192 valence electrons. The fraction of sp³-hybridized carbons (Fsp3) is 0.536. The van der Waals surface area contributed by atoms with E-state index in [-0.39, 0.29) is 18.2 Å². The van der Waals surface area contributed by atoms with Crippen LogP contribution in [0, 0.1) is 0 Å². The van der Waals surface area contributed by atoms with Gasteiger partial charge in [-0.1, -0.05) is 18.2 Å². The number of rotatable bonds is 11. The lowest BCUT2D eigenvalue weighted by atomic mass is 9.99. The SMILES string of the molecule is CCOc1ccc(C(O)C2CCC(CCc3ccc(OC(C)C)cc3)N2)cc1N(C(N)=O)C(C)C. The van der Waals surface area contributed by atoms with Crippen LogP contribution in [-0.2, 0) is 6.42 Å². The van der Waals surface area contributed by atoms with E-state index in [9.17, 15) is 9.90 Å². The van der Waals surface area contributed by atoms with Crippen LogP contribution < -0.4 is 25.4 Å². The summed E-state index contributed by atoms with van der Waals surface area (Å²) in [5, 5.41) is 14.8. The number of nitrogens with one attached hydrogen (secondary N) is 1. The number of aliphatic hydroxyl groups is 1. The normalized spacial score (nSPS) is 18.6. The van der Waals surface area contributed by atoms with E-state index in [2.05, 4.69) is 17.4 Å². The molecule has 1 saturated heterocycles. The minimum atomic E-state index is -0.691. The van der Waals surface area contributed by atoms with Crippen LogP contribution in [0.4, 0.5) is 10.5 Å². The van der Waals surface area contributed by atoms with Crippen LogP contribution in [0.15, 0.2) is 42.5 Å². The molecule has 3 rings (SSSR count). The van der Waals surface area contributed by atoms with E-state index in [4.69, 9.17) is 15.2 Å². The maximum atomic E-state index is 12.1. The molecule has 1 aliphatic rings. The number of ether oxygens (including phenoxy) is 2. The fourth-order valence-electron chi connectivity index (χ4n) is 4.74. The van der Waals surface area contributed by atoms with Crippen LogP contribution >= 0.6 is 0 Å². The average Bonchev–Trinajstić information content (AvgIpc) is 3.27. The topological polar surface area (TPSA) is 97.1 Å². The minimum Gasteiger partial charge on any atom is -0.492 e. The summed E-state index contributed by atoms with van der Waals surface area (Å²) in [5.74, 6) is 1.48. The van der Waals surface area contributed by atoms with Gasteiger partial charge in [-0.05, 0) is 95.7 Å². The Labute approximate surface area is 209 Å². The van der Waals surface area contributed by atoms with Gasteiger partial charge < -0.3 is 25.6 Å². The molecule has 3 unspecified atom stereocenters. The molecule has 0 aliphatic carbocycles. The van der Waals surface area contributed by atoms with E-state index in [1.807, 2.05) is 65.0 Å². The molecule has 7 heteroatoms. The van der Waals surface area contributed by atoms with Gasteiger partial charge in [0.2, 0.25) is 0 Å². The lowest BCUT2D eigenvalue weighted by molar-refractivity contribution is 0.135. The van der Waals surface area contributed by atoms with E-state index in [0.717, 1.165) is 37.0 Å². The number of nitrogens with two attached hydrogens (primary N) is 1. The van der Waals surface area contributed by atoms with Crippen molar-refractivity contribution in [1.29, 1.82) is 0 Å². The molecule has 0 bridgehead atoms. The number of urea groups is 1. The minimum absolute atomic E-state index is 0.0475. The van der Waals surface area contributed by atoms with Crippen molar-refractivity contribution < 1.29 is 19.4 Å². The van der Waals surface area contributed by atoms with Crippen molar-refractivity contribution in [2.75, 3.05) is 11.5 Å². The standard InChI is InChI=1S/C28H41N3O4/c1-6-34-26-16-10-21(17-25(26)31(18(2)3)28(29)33)27(32)24-15-12-22(30-24)11-7-20-8-13-23(14-9-20)35-19(4)5/h8-10,13-14,16-19,22,24,27,30,32H,6-7,11-12,15H2,1-5H3,(H2,29,33). The zero-order chi connectivity index (χ0) is 25.5. The average molecular weight is 484 g/mol. The van der Waals surface area contributed by atoms with E-state index in [1.54, 1.807) is 0 Å². The first-order valence-corrected chi connectivity index (χ1v) is 12.7. The first-order valence-electron chi connectivity index (χ1n) is 12.7. The van der Waals surface area contributed by atoms with Gasteiger partial charge in [-0.3, -0.25) is 4.90 Å². The van der Waals surface area contributed by atoms with E-state index in [0.29, 0.717) is 24.1 Å². The molecule has 35 heavy (non-hydrogen) atoms. The number of hydrogen-bond donors (Lipinski definition) is 3. The van der Waals surface area contributed by atoms with Gasteiger partial charge in [0.05, 0.1) is 24.5 Å². The highest BCUT2D eigenvalue weighted by Crippen LogP contribution is 2.35. The Morgan fingerprint density at radius 1 is 1.14 bits per heavy atom. The summed E-state index contributed by atoms with van der Waals surface area (Å²) in [6, 6.07) is 13.4. The van der Waals surface area contributed by atoms with Crippen LogP contribution in [0.5, 0.6) is 11.5 Å². The van der Waals surface area contributed by atoms with E-state index >= 15 is 0 Å². The van der Waals surface area contributed by atoms with Crippen LogP contribution in [0.2, 0.25) is 0 Å². The summed E-state index contributed by atoms with van der Waals surface area (Å²) in [4.78, 5) is 13.6. The Morgan fingerprint density at radius 3 is 2.46 bits per heavy atom.